The molecule has 2 rings (SSSR count). The van der Waals surface area contributed by atoms with Crippen LogP contribution >= 0.6 is 0 Å². The number of methoxy groups -OCH3 is 1. The van der Waals surface area contributed by atoms with Gasteiger partial charge in [-0.1, -0.05) is 0 Å². The van der Waals surface area contributed by atoms with E-state index in [1.807, 2.05) is 6.92 Å². The summed E-state index contributed by atoms with van der Waals surface area (Å²) in [4.78, 5) is 7.98. The first-order valence-corrected chi connectivity index (χ1v) is 3.74. The Labute approximate surface area is 74.4 Å². The molecule has 0 aromatic carbocycles. The third-order valence-electron chi connectivity index (χ3n) is 1.69. The van der Waals surface area contributed by atoms with Gasteiger partial charge in [0.1, 0.15) is 0 Å². The van der Waals surface area contributed by atoms with Gasteiger partial charge in [0.2, 0.25) is 11.8 Å². The number of anilines is 1. The van der Waals surface area contributed by atoms with Gasteiger partial charge in [-0.15, -0.1) is 5.10 Å². The second-order valence-electron chi connectivity index (χ2n) is 2.62. The maximum absolute atomic E-state index is 5.43. The fourth-order valence-corrected chi connectivity index (χ4v) is 1.10. The number of rotatable bonds is 1. The lowest BCUT2D eigenvalue weighted by Gasteiger charge is -2.00. The zero-order chi connectivity index (χ0) is 9.42. The number of fused-ring (bicyclic) bond motifs is 1. The molecule has 0 unspecified atom stereocenters. The van der Waals surface area contributed by atoms with E-state index in [0.29, 0.717) is 11.7 Å². The maximum Gasteiger partial charge on any atom is 0.257 e. The van der Waals surface area contributed by atoms with Crippen LogP contribution in [0.2, 0.25) is 0 Å². The highest BCUT2D eigenvalue weighted by molar-refractivity contribution is 5.37. The highest BCUT2D eigenvalue weighted by Gasteiger charge is 2.06. The molecule has 0 fully saturated rings. The first-order chi connectivity index (χ1) is 6.20. The zero-order valence-electron chi connectivity index (χ0n) is 7.35. The van der Waals surface area contributed by atoms with E-state index in [0.717, 1.165) is 5.69 Å². The average molecular weight is 179 g/mol. The Hall–Kier alpha value is -1.85. The molecule has 68 valence electrons. The number of nitrogens with zero attached hydrogens (tertiary/aromatic N) is 4. The first kappa shape index (κ1) is 7.78. The SMILES string of the molecule is COc1cc(C)n2nc(N)nc2n1. The Kier molecular flexibility index (Phi) is 1.54. The van der Waals surface area contributed by atoms with Crippen molar-refractivity contribution in [2.75, 3.05) is 12.8 Å². The lowest BCUT2D eigenvalue weighted by molar-refractivity contribution is 0.397. The molecule has 2 aromatic rings. The Morgan fingerprint density at radius 3 is 2.92 bits per heavy atom. The van der Waals surface area contributed by atoms with Gasteiger partial charge in [-0.25, -0.2) is 0 Å². The Morgan fingerprint density at radius 2 is 2.23 bits per heavy atom. The van der Waals surface area contributed by atoms with E-state index >= 15 is 0 Å². The lowest BCUT2D eigenvalue weighted by atomic mass is 10.4. The third-order valence-corrected chi connectivity index (χ3v) is 1.69. The minimum atomic E-state index is 0.212. The van der Waals surface area contributed by atoms with E-state index in [4.69, 9.17) is 10.5 Å². The highest BCUT2D eigenvalue weighted by Crippen LogP contribution is 2.11. The van der Waals surface area contributed by atoms with Crippen LogP contribution in [0.3, 0.4) is 0 Å². The van der Waals surface area contributed by atoms with Crippen LogP contribution in [-0.4, -0.2) is 26.7 Å². The van der Waals surface area contributed by atoms with E-state index < -0.39 is 0 Å². The first-order valence-electron chi connectivity index (χ1n) is 3.74. The summed E-state index contributed by atoms with van der Waals surface area (Å²) in [7, 11) is 1.55. The number of aryl methyl sites for hydroxylation is 1. The zero-order valence-corrected chi connectivity index (χ0v) is 7.35. The van der Waals surface area contributed by atoms with E-state index in [9.17, 15) is 0 Å². The van der Waals surface area contributed by atoms with Crippen LogP contribution in [0.15, 0.2) is 6.07 Å². The van der Waals surface area contributed by atoms with E-state index in [2.05, 4.69) is 15.1 Å². The molecule has 0 radical (unpaired) electrons. The van der Waals surface area contributed by atoms with Crippen LogP contribution in [-0.2, 0) is 0 Å². The molecule has 6 nitrogen and oxygen atoms in total. The predicted octanol–water partition coefficient (Wildman–Crippen LogP) is 0.0235. The standard InChI is InChI=1S/C7H9N5O/c1-4-3-5(13-2)9-7-10-6(8)11-12(4)7/h3H,1-2H3,(H2,8,11). The van der Waals surface area contributed by atoms with Gasteiger partial charge in [-0.2, -0.15) is 14.5 Å². The summed E-state index contributed by atoms with van der Waals surface area (Å²) in [5, 5.41) is 3.95. The molecule has 2 N–H and O–H groups in total. The van der Waals surface area contributed by atoms with Crippen molar-refractivity contribution in [2.24, 2.45) is 0 Å². The topological polar surface area (TPSA) is 78.3 Å². The largest absolute Gasteiger partial charge is 0.481 e. The Bertz CT molecular complexity index is 449. The summed E-state index contributed by atoms with van der Waals surface area (Å²) in [6.45, 7) is 1.88. The van der Waals surface area contributed by atoms with Gasteiger partial charge in [0.05, 0.1) is 7.11 Å². The molecule has 0 saturated carbocycles. The molecule has 0 spiro atoms. The molecular weight excluding hydrogens is 170 g/mol. The second kappa shape index (κ2) is 2.58. The Balaban J connectivity index is 2.75. The summed E-state index contributed by atoms with van der Waals surface area (Å²) >= 11 is 0. The number of hydrogen-bond donors (Lipinski definition) is 1. The summed E-state index contributed by atoms with van der Waals surface area (Å²) in [6.07, 6.45) is 0. The molecule has 0 aliphatic rings. The van der Waals surface area contributed by atoms with Crippen molar-refractivity contribution in [1.82, 2.24) is 19.6 Å². The quantitative estimate of drug-likeness (QED) is 0.667. The van der Waals surface area contributed by atoms with E-state index in [-0.39, 0.29) is 5.95 Å². The normalized spacial score (nSPS) is 10.6. The minimum Gasteiger partial charge on any atom is -0.481 e. The molecule has 0 aliphatic carbocycles. The molecule has 0 amide bonds. The van der Waals surface area contributed by atoms with Gasteiger partial charge < -0.3 is 10.5 Å². The van der Waals surface area contributed by atoms with Crippen molar-refractivity contribution in [2.45, 2.75) is 6.92 Å². The summed E-state index contributed by atoms with van der Waals surface area (Å²) in [6, 6.07) is 1.76. The number of nitrogens with two attached hydrogens (primary N) is 1. The molecule has 0 bridgehead atoms. The van der Waals surface area contributed by atoms with Gasteiger partial charge >= 0.3 is 0 Å². The van der Waals surface area contributed by atoms with Crippen molar-refractivity contribution in [3.63, 3.8) is 0 Å². The number of nitrogen functional groups attached to an aromatic ring is 1. The van der Waals surface area contributed by atoms with Crippen LogP contribution in [0, 0.1) is 6.92 Å². The van der Waals surface area contributed by atoms with E-state index in [1.54, 1.807) is 17.7 Å². The Morgan fingerprint density at radius 1 is 1.46 bits per heavy atom. The van der Waals surface area contributed by atoms with E-state index in [1.165, 1.54) is 0 Å². The lowest BCUT2D eigenvalue weighted by Crippen LogP contribution is -1.98. The van der Waals surface area contributed by atoms with Crippen molar-refractivity contribution in [1.29, 1.82) is 0 Å². The molecule has 0 saturated heterocycles. The molecule has 2 heterocycles. The molecule has 2 aromatic heterocycles. The van der Waals surface area contributed by atoms with Crippen LogP contribution < -0.4 is 10.5 Å². The average Bonchev–Trinajstić information content (AvgIpc) is 2.46. The van der Waals surface area contributed by atoms with Gasteiger partial charge in [-0.3, -0.25) is 0 Å². The monoisotopic (exact) mass is 179 g/mol. The minimum absolute atomic E-state index is 0.212. The summed E-state index contributed by atoms with van der Waals surface area (Å²) < 4.78 is 6.55. The van der Waals surface area contributed by atoms with Crippen molar-refractivity contribution in [3.8, 4) is 5.88 Å². The van der Waals surface area contributed by atoms with Gasteiger partial charge in [0, 0.05) is 11.8 Å². The fraction of sp³-hybridized carbons (Fsp3) is 0.286. The van der Waals surface area contributed by atoms with Crippen molar-refractivity contribution < 1.29 is 4.74 Å². The molecule has 0 aliphatic heterocycles. The molecule has 13 heavy (non-hydrogen) atoms. The molecule has 6 heteroatoms. The molecule has 0 atom stereocenters. The maximum atomic E-state index is 5.43. The third kappa shape index (κ3) is 1.16. The van der Waals surface area contributed by atoms with Crippen LogP contribution in [0.4, 0.5) is 5.95 Å². The smallest absolute Gasteiger partial charge is 0.257 e. The number of hydrogen-bond acceptors (Lipinski definition) is 5. The van der Waals surface area contributed by atoms with Crippen molar-refractivity contribution >= 4 is 11.7 Å². The second-order valence-corrected chi connectivity index (χ2v) is 2.62. The van der Waals surface area contributed by atoms with Crippen molar-refractivity contribution in [3.05, 3.63) is 11.8 Å². The van der Waals surface area contributed by atoms with Crippen LogP contribution in [0.5, 0.6) is 5.88 Å². The predicted molar refractivity (Wildman–Crippen MR) is 46.5 cm³/mol. The summed E-state index contributed by atoms with van der Waals surface area (Å²) in [5.74, 6) is 1.18. The van der Waals surface area contributed by atoms with Crippen LogP contribution in [0.1, 0.15) is 5.69 Å². The van der Waals surface area contributed by atoms with Gasteiger partial charge in [0.25, 0.3) is 5.78 Å². The number of ether oxygens (including phenoxy) is 1. The number of aromatic nitrogens is 4. The van der Waals surface area contributed by atoms with Gasteiger partial charge in [0.15, 0.2) is 0 Å². The highest BCUT2D eigenvalue weighted by atomic mass is 16.5. The molecular formula is C7H9N5O. The summed E-state index contributed by atoms with van der Waals surface area (Å²) in [5.41, 5.74) is 6.31. The fourth-order valence-electron chi connectivity index (χ4n) is 1.10. The van der Waals surface area contributed by atoms with Crippen LogP contribution in [0.25, 0.3) is 5.78 Å². The van der Waals surface area contributed by atoms with Gasteiger partial charge in [-0.05, 0) is 6.92 Å².